The van der Waals surface area contributed by atoms with Gasteiger partial charge in [0.25, 0.3) is 0 Å². The van der Waals surface area contributed by atoms with Crippen LogP contribution in [0.1, 0.15) is 6.42 Å². The number of hydrogen-bond donors (Lipinski definition) is 4. The maximum Gasteiger partial charge on any atom is 0.176 e. The van der Waals surface area contributed by atoms with Gasteiger partial charge in [0, 0.05) is 19.0 Å². The highest BCUT2D eigenvalue weighted by molar-refractivity contribution is 4.85. The molecule has 1 saturated heterocycles. The van der Waals surface area contributed by atoms with Gasteiger partial charge < -0.3 is 20.6 Å². The van der Waals surface area contributed by atoms with Crippen LogP contribution in [-0.2, 0) is 0 Å². The Morgan fingerprint density at radius 1 is 1.56 bits per heavy atom. The second-order valence-electron chi connectivity index (χ2n) is 2.45. The second kappa shape index (κ2) is 2.22. The van der Waals surface area contributed by atoms with Crippen LogP contribution in [0.2, 0.25) is 0 Å². The van der Waals surface area contributed by atoms with Gasteiger partial charge in [0.15, 0.2) is 5.79 Å². The third-order valence-electron chi connectivity index (χ3n) is 1.47. The summed E-state index contributed by atoms with van der Waals surface area (Å²) < 4.78 is 0. The summed E-state index contributed by atoms with van der Waals surface area (Å²) in [4.78, 5) is 0. The normalized spacial score (nSPS) is 33.0. The van der Waals surface area contributed by atoms with Crippen LogP contribution in [-0.4, -0.2) is 40.3 Å². The van der Waals surface area contributed by atoms with Gasteiger partial charge in [0.1, 0.15) is 0 Å². The second-order valence-corrected chi connectivity index (χ2v) is 2.45. The minimum atomic E-state index is -1.60. The van der Waals surface area contributed by atoms with Gasteiger partial charge >= 0.3 is 0 Å². The minimum absolute atomic E-state index is 0.0388. The third kappa shape index (κ3) is 1.62. The van der Waals surface area contributed by atoms with E-state index >= 15 is 0 Å². The van der Waals surface area contributed by atoms with Crippen LogP contribution >= 0.6 is 0 Å². The van der Waals surface area contributed by atoms with E-state index in [9.17, 15) is 0 Å². The number of aliphatic hydroxyl groups is 3. The number of β-amino-alcohol motifs (C(OH)–C–C–N with tert-alkyl or cyclic N) is 2. The van der Waals surface area contributed by atoms with Crippen molar-refractivity contribution in [2.45, 2.75) is 18.2 Å². The molecule has 0 amide bonds. The summed E-state index contributed by atoms with van der Waals surface area (Å²) in [6.45, 7) is 0.112. The van der Waals surface area contributed by atoms with Gasteiger partial charge in [-0.3, -0.25) is 0 Å². The Morgan fingerprint density at radius 2 is 2.22 bits per heavy atom. The Kier molecular flexibility index (Phi) is 1.72. The smallest absolute Gasteiger partial charge is 0.176 e. The van der Waals surface area contributed by atoms with E-state index in [1.807, 2.05) is 0 Å². The first-order chi connectivity index (χ1) is 4.14. The molecule has 1 unspecified atom stereocenters. The number of nitrogens with one attached hydrogen (secondary N) is 1. The van der Waals surface area contributed by atoms with Gasteiger partial charge in [0.2, 0.25) is 0 Å². The number of rotatable bonds is 1. The van der Waals surface area contributed by atoms with E-state index in [4.69, 9.17) is 15.3 Å². The highest BCUT2D eigenvalue weighted by Gasteiger charge is 2.33. The van der Waals surface area contributed by atoms with E-state index in [0.29, 0.717) is 0 Å². The van der Waals surface area contributed by atoms with Gasteiger partial charge in [-0.15, -0.1) is 0 Å². The first kappa shape index (κ1) is 6.95. The molecule has 4 nitrogen and oxygen atoms in total. The standard InChI is InChI=1S/C5H11NO3/c7-2-4-1-5(8,9)3-6-4/h4,6-9H,1-3H2. The Hall–Kier alpha value is -0.160. The summed E-state index contributed by atoms with van der Waals surface area (Å²) in [6, 6.07) is -0.153. The third-order valence-corrected chi connectivity index (χ3v) is 1.47. The average Bonchev–Trinajstić information content (AvgIpc) is 2.10. The van der Waals surface area contributed by atoms with Crippen molar-refractivity contribution in [3.05, 3.63) is 0 Å². The van der Waals surface area contributed by atoms with E-state index in [1.165, 1.54) is 0 Å². The quantitative estimate of drug-likeness (QED) is 0.313. The van der Waals surface area contributed by atoms with Crippen molar-refractivity contribution in [2.75, 3.05) is 13.2 Å². The maximum atomic E-state index is 8.88. The molecule has 1 fully saturated rings. The molecule has 0 aromatic carbocycles. The van der Waals surface area contributed by atoms with Crippen LogP contribution in [0.25, 0.3) is 0 Å². The highest BCUT2D eigenvalue weighted by atomic mass is 16.5. The minimum Gasteiger partial charge on any atom is -0.395 e. The van der Waals surface area contributed by atoms with Gasteiger partial charge in [-0.1, -0.05) is 0 Å². The summed E-state index contributed by atoms with van der Waals surface area (Å²) in [6.07, 6.45) is 0.212. The fourth-order valence-corrected chi connectivity index (χ4v) is 0.976. The molecule has 1 atom stereocenters. The summed E-state index contributed by atoms with van der Waals surface area (Å²) in [5.74, 6) is -1.60. The summed E-state index contributed by atoms with van der Waals surface area (Å²) in [5, 5.41) is 29.0. The van der Waals surface area contributed by atoms with E-state index in [1.54, 1.807) is 0 Å². The van der Waals surface area contributed by atoms with Gasteiger partial charge in [-0.2, -0.15) is 0 Å². The Balaban J connectivity index is 2.38. The lowest BCUT2D eigenvalue weighted by Crippen LogP contribution is -2.30. The first-order valence-corrected chi connectivity index (χ1v) is 2.93. The molecule has 4 heteroatoms. The molecule has 9 heavy (non-hydrogen) atoms. The molecule has 1 aliphatic heterocycles. The zero-order valence-electron chi connectivity index (χ0n) is 5.04. The molecule has 0 radical (unpaired) electrons. The fourth-order valence-electron chi connectivity index (χ4n) is 0.976. The van der Waals surface area contributed by atoms with Crippen molar-refractivity contribution in [2.24, 2.45) is 0 Å². The summed E-state index contributed by atoms with van der Waals surface area (Å²) >= 11 is 0. The molecule has 0 aliphatic carbocycles. The van der Waals surface area contributed by atoms with E-state index in [-0.39, 0.29) is 25.6 Å². The molecule has 0 saturated carbocycles. The van der Waals surface area contributed by atoms with Crippen molar-refractivity contribution in [3.63, 3.8) is 0 Å². The molecule has 54 valence electrons. The maximum absolute atomic E-state index is 8.88. The number of aliphatic hydroxyl groups excluding tert-OH is 1. The van der Waals surface area contributed by atoms with Crippen LogP contribution in [0, 0.1) is 0 Å². The number of hydrogen-bond acceptors (Lipinski definition) is 4. The lowest BCUT2D eigenvalue weighted by molar-refractivity contribution is -0.143. The molecule has 4 N–H and O–H groups in total. The van der Waals surface area contributed by atoms with E-state index < -0.39 is 5.79 Å². The zero-order valence-corrected chi connectivity index (χ0v) is 5.04. The molecular formula is C5H11NO3. The van der Waals surface area contributed by atoms with Crippen LogP contribution in [0.5, 0.6) is 0 Å². The Morgan fingerprint density at radius 3 is 2.44 bits per heavy atom. The van der Waals surface area contributed by atoms with Crippen LogP contribution < -0.4 is 5.32 Å². The predicted octanol–water partition coefficient (Wildman–Crippen LogP) is -1.98. The largest absolute Gasteiger partial charge is 0.395 e. The molecule has 0 bridgehead atoms. The lowest BCUT2D eigenvalue weighted by atomic mass is 10.2. The average molecular weight is 133 g/mol. The van der Waals surface area contributed by atoms with Crippen molar-refractivity contribution in [3.8, 4) is 0 Å². The molecule has 0 aromatic rings. The van der Waals surface area contributed by atoms with Gasteiger partial charge in [0.05, 0.1) is 6.61 Å². The fraction of sp³-hybridized carbons (Fsp3) is 1.00. The topological polar surface area (TPSA) is 72.7 Å². The summed E-state index contributed by atoms with van der Waals surface area (Å²) in [5.41, 5.74) is 0. The van der Waals surface area contributed by atoms with Crippen LogP contribution in [0.4, 0.5) is 0 Å². The SMILES string of the molecule is OCC1CC(O)(O)CN1. The molecule has 0 spiro atoms. The lowest BCUT2D eigenvalue weighted by Gasteiger charge is -2.11. The summed E-state index contributed by atoms with van der Waals surface area (Å²) in [7, 11) is 0. The molecule has 0 aromatic heterocycles. The van der Waals surface area contributed by atoms with Crippen LogP contribution in [0.15, 0.2) is 0 Å². The first-order valence-electron chi connectivity index (χ1n) is 2.93. The van der Waals surface area contributed by atoms with Gasteiger partial charge in [-0.05, 0) is 0 Å². The van der Waals surface area contributed by atoms with Crippen molar-refractivity contribution < 1.29 is 15.3 Å². The van der Waals surface area contributed by atoms with Crippen molar-refractivity contribution in [1.29, 1.82) is 0 Å². The highest BCUT2D eigenvalue weighted by Crippen LogP contribution is 2.14. The predicted molar refractivity (Wildman–Crippen MR) is 30.7 cm³/mol. The Labute approximate surface area is 53.1 Å². The monoisotopic (exact) mass is 133 g/mol. The van der Waals surface area contributed by atoms with Crippen molar-refractivity contribution >= 4 is 0 Å². The zero-order chi connectivity index (χ0) is 6.91. The van der Waals surface area contributed by atoms with Gasteiger partial charge in [-0.25, -0.2) is 0 Å². The van der Waals surface area contributed by atoms with Crippen molar-refractivity contribution in [1.82, 2.24) is 5.32 Å². The molecule has 1 rings (SSSR count). The molecule has 1 heterocycles. The van der Waals surface area contributed by atoms with E-state index in [0.717, 1.165) is 0 Å². The van der Waals surface area contributed by atoms with Crippen LogP contribution in [0.3, 0.4) is 0 Å². The van der Waals surface area contributed by atoms with E-state index in [2.05, 4.69) is 5.32 Å². The molecular weight excluding hydrogens is 122 g/mol. The Bertz CT molecular complexity index is 104. The molecule has 1 aliphatic rings.